The highest BCUT2D eigenvalue weighted by Crippen LogP contribution is 2.44. The van der Waals surface area contributed by atoms with Gasteiger partial charge in [0, 0.05) is 11.3 Å². The topological polar surface area (TPSA) is 142 Å². The highest BCUT2D eigenvalue weighted by molar-refractivity contribution is 8.01. The molecule has 140 valence electrons. The van der Waals surface area contributed by atoms with Gasteiger partial charge in [-0.3, -0.25) is 0 Å². The van der Waals surface area contributed by atoms with Crippen molar-refractivity contribution in [2.24, 2.45) is 5.73 Å². The van der Waals surface area contributed by atoms with Crippen LogP contribution >= 0.6 is 11.8 Å². The Labute approximate surface area is 149 Å². The average molecular weight is 373 g/mol. The van der Waals surface area contributed by atoms with Gasteiger partial charge >= 0.3 is 5.97 Å². The van der Waals surface area contributed by atoms with Gasteiger partial charge in [-0.15, -0.1) is 0 Å². The highest BCUT2D eigenvalue weighted by Gasteiger charge is 2.54. The first-order valence-corrected chi connectivity index (χ1v) is 8.57. The Balaban J connectivity index is 2.36. The number of esters is 1. The zero-order valence-electron chi connectivity index (χ0n) is 13.7. The van der Waals surface area contributed by atoms with Gasteiger partial charge in [0.05, 0.1) is 25.9 Å². The third kappa shape index (κ3) is 4.32. The van der Waals surface area contributed by atoms with E-state index >= 15 is 0 Å². The van der Waals surface area contributed by atoms with Crippen molar-refractivity contribution < 1.29 is 34.7 Å². The molecule has 1 heterocycles. The van der Waals surface area contributed by atoms with E-state index in [2.05, 4.69) is 0 Å². The summed E-state index contributed by atoms with van der Waals surface area (Å²) in [4.78, 5) is 11.5. The molecule has 1 aromatic carbocycles. The van der Waals surface area contributed by atoms with Crippen LogP contribution in [0.2, 0.25) is 0 Å². The first kappa shape index (κ1) is 20.1. The summed E-state index contributed by atoms with van der Waals surface area (Å²) in [5.41, 5.74) is 5.88. The first-order chi connectivity index (χ1) is 11.8. The molecule has 0 radical (unpaired) electrons. The van der Waals surface area contributed by atoms with Gasteiger partial charge < -0.3 is 35.6 Å². The van der Waals surface area contributed by atoms with Gasteiger partial charge in [-0.05, 0) is 12.1 Å². The van der Waals surface area contributed by atoms with Crippen molar-refractivity contribution in [2.75, 3.05) is 13.7 Å². The molecule has 2 rings (SSSR count). The van der Waals surface area contributed by atoms with E-state index in [9.17, 15) is 20.1 Å². The van der Waals surface area contributed by atoms with Crippen molar-refractivity contribution in [1.29, 1.82) is 0 Å². The van der Waals surface area contributed by atoms with Crippen molar-refractivity contribution in [3.8, 4) is 0 Å². The van der Waals surface area contributed by atoms with Crippen molar-refractivity contribution in [3.05, 3.63) is 30.3 Å². The van der Waals surface area contributed by atoms with E-state index in [0.717, 1.165) is 11.8 Å². The fourth-order valence-corrected chi connectivity index (χ4v) is 3.93. The molecule has 1 unspecified atom stereocenters. The van der Waals surface area contributed by atoms with Crippen LogP contribution in [0.5, 0.6) is 0 Å². The Morgan fingerprint density at radius 3 is 2.64 bits per heavy atom. The number of aliphatic hydroxyl groups excluding tert-OH is 4. The number of carbonyl (C=O) groups excluding carboxylic acids is 1. The maximum Gasteiger partial charge on any atom is 0.349 e. The molecule has 9 heteroatoms. The highest BCUT2D eigenvalue weighted by atomic mass is 32.2. The summed E-state index contributed by atoms with van der Waals surface area (Å²) in [6.45, 7) is -0.721. The summed E-state index contributed by atoms with van der Waals surface area (Å²) in [6.07, 6.45) is -5.73. The lowest BCUT2D eigenvalue weighted by Crippen LogP contribution is -2.64. The number of benzene rings is 1. The maximum absolute atomic E-state index is 12.4. The van der Waals surface area contributed by atoms with Gasteiger partial charge in [-0.1, -0.05) is 30.0 Å². The van der Waals surface area contributed by atoms with Gasteiger partial charge in [0.2, 0.25) is 4.93 Å². The average Bonchev–Trinajstić information content (AvgIpc) is 2.63. The molecule has 1 fully saturated rings. The standard InChI is InChI=1S/C16H23NO7S/c1-23-15(22)16(25-9-5-3-2-4-6-9)7-10(19)12(17)14(24-16)13(21)11(20)8-18/h2-6,10-14,18-21H,7-8,17H2,1H3/t10-,11-,12-,13-,14?,16+/m1/s1. The Morgan fingerprint density at radius 2 is 2.08 bits per heavy atom. The number of thioether (sulfide) groups is 1. The molecule has 0 amide bonds. The second kappa shape index (κ2) is 8.45. The Morgan fingerprint density at radius 1 is 1.44 bits per heavy atom. The number of methoxy groups -OCH3 is 1. The van der Waals surface area contributed by atoms with E-state index in [1.54, 1.807) is 24.3 Å². The van der Waals surface area contributed by atoms with Crippen LogP contribution in [0.1, 0.15) is 6.42 Å². The third-order valence-corrected chi connectivity index (χ3v) is 5.34. The predicted octanol–water partition coefficient (Wildman–Crippen LogP) is -1.16. The molecule has 0 aromatic heterocycles. The van der Waals surface area contributed by atoms with Crippen molar-refractivity contribution in [1.82, 2.24) is 0 Å². The fraction of sp³-hybridized carbons (Fsp3) is 0.562. The number of rotatable bonds is 6. The smallest absolute Gasteiger partial charge is 0.349 e. The number of carbonyl (C=O) groups is 1. The minimum atomic E-state index is -1.65. The van der Waals surface area contributed by atoms with Gasteiger partial charge in [0.15, 0.2) is 0 Å². The number of hydrogen-bond acceptors (Lipinski definition) is 9. The van der Waals surface area contributed by atoms with Crippen LogP contribution in [0.4, 0.5) is 0 Å². The Kier molecular flexibility index (Phi) is 6.80. The number of aliphatic hydroxyl groups is 4. The van der Waals surface area contributed by atoms with Crippen LogP contribution in [-0.4, -0.2) is 75.5 Å². The second-order valence-electron chi connectivity index (χ2n) is 5.83. The van der Waals surface area contributed by atoms with E-state index < -0.39 is 48.0 Å². The fourth-order valence-electron chi connectivity index (χ4n) is 2.67. The summed E-state index contributed by atoms with van der Waals surface area (Å²) in [6, 6.07) is 7.83. The lowest BCUT2D eigenvalue weighted by Gasteiger charge is -2.45. The molecule has 8 nitrogen and oxygen atoms in total. The SMILES string of the molecule is COC(=O)[C@@]1(Sc2ccccc2)C[C@@H](O)[C@@H](N)C([C@H](O)[C@H](O)CO)O1. The molecule has 0 bridgehead atoms. The third-order valence-electron chi connectivity index (χ3n) is 4.07. The zero-order valence-corrected chi connectivity index (χ0v) is 14.5. The van der Waals surface area contributed by atoms with E-state index in [0.29, 0.717) is 4.90 Å². The summed E-state index contributed by atoms with van der Waals surface area (Å²) in [5, 5.41) is 39.3. The van der Waals surface area contributed by atoms with Crippen LogP contribution in [-0.2, 0) is 14.3 Å². The number of nitrogens with two attached hydrogens (primary N) is 1. The lowest BCUT2D eigenvalue weighted by molar-refractivity contribution is -0.203. The second-order valence-corrected chi connectivity index (χ2v) is 7.17. The zero-order chi connectivity index (χ0) is 18.6. The molecule has 0 spiro atoms. The predicted molar refractivity (Wildman–Crippen MR) is 89.6 cm³/mol. The van der Waals surface area contributed by atoms with Crippen molar-refractivity contribution in [2.45, 2.75) is 46.7 Å². The summed E-state index contributed by atoms with van der Waals surface area (Å²) in [5.74, 6) is -0.747. The molecule has 6 N–H and O–H groups in total. The Bertz CT molecular complexity index is 575. The maximum atomic E-state index is 12.4. The van der Waals surface area contributed by atoms with Crippen LogP contribution in [0.3, 0.4) is 0 Å². The van der Waals surface area contributed by atoms with Crippen molar-refractivity contribution in [3.63, 3.8) is 0 Å². The van der Waals surface area contributed by atoms with Crippen LogP contribution in [0.25, 0.3) is 0 Å². The van der Waals surface area contributed by atoms with Crippen LogP contribution < -0.4 is 5.73 Å². The first-order valence-electron chi connectivity index (χ1n) is 7.75. The summed E-state index contributed by atoms with van der Waals surface area (Å²) >= 11 is 1.02. The molecule has 1 aliphatic rings. The molecular formula is C16H23NO7S. The molecular weight excluding hydrogens is 350 g/mol. The van der Waals surface area contributed by atoms with Crippen LogP contribution in [0, 0.1) is 0 Å². The van der Waals surface area contributed by atoms with E-state index in [1.807, 2.05) is 6.07 Å². The van der Waals surface area contributed by atoms with Gasteiger partial charge in [-0.25, -0.2) is 4.79 Å². The van der Waals surface area contributed by atoms with Gasteiger partial charge in [0.25, 0.3) is 0 Å². The number of ether oxygens (including phenoxy) is 2. The van der Waals surface area contributed by atoms with E-state index in [4.69, 9.17) is 20.3 Å². The van der Waals surface area contributed by atoms with Crippen molar-refractivity contribution >= 4 is 17.7 Å². The molecule has 0 aliphatic carbocycles. The molecule has 0 saturated carbocycles. The lowest BCUT2D eigenvalue weighted by atomic mass is 9.90. The molecule has 25 heavy (non-hydrogen) atoms. The quantitative estimate of drug-likeness (QED) is 0.390. The molecule has 1 aromatic rings. The monoisotopic (exact) mass is 373 g/mol. The van der Waals surface area contributed by atoms with E-state index in [-0.39, 0.29) is 6.42 Å². The Hall–Kier alpha value is -1.20. The summed E-state index contributed by atoms with van der Waals surface area (Å²) < 4.78 is 10.6. The normalized spacial score (nSPS) is 32.0. The molecule has 6 atom stereocenters. The summed E-state index contributed by atoms with van der Waals surface area (Å²) in [7, 11) is 1.19. The van der Waals surface area contributed by atoms with E-state index in [1.165, 1.54) is 7.11 Å². The largest absolute Gasteiger partial charge is 0.466 e. The minimum Gasteiger partial charge on any atom is -0.466 e. The minimum absolute atomic E-state index is 0.154. The van der Waals surface area contributed by atoms with Gasteiger partial charge in [-0.2, -0.15) is 0 Å². The van der Waals surface area contributed by atoms with Gasteiger partial charge in [0.1, 0.15) is 18.3 Å². The molecule has 1 aliphatic heterocycles. The molecule has 1 saturated heterocycles. The number of hydrogen-bond donors (Lipinski definition) is 5. The van der Waals surface area contributed by atoms with Crippen LogP contribution in [0.15, 0.2) is 35.2 Å².